The molecule has 124 valence electrons. The van der Waals surface area contributed by atoms with Gasteiger partial charge >= 0.3 is 0 Å². The molecule has 0 bridgehead atoms. The summed E-state index contributed by atoms with van der Waals surface area (Å²) in [5.74, 6) is 0. The second-order valence-corrected chi connectivity index (χ2v) is 6.51. The molecule has 1 aliphatic heterocycles. The highest BCUT2D eigenvalue weighted by atomic mass is 35.5. The minimum Gasteiger partial charge on any atom is -0.316 e. The van der Waals surface area contributed by atoms with Gasteiger partial charge in [0, 0.05) is 5.56 Å². The van der Waals surface area contributed by atoms with Crippen LogP contribution in [0.1, 0.15) is 16.7 Å². The molecule has 5 heteroatoms. The quantitative estimate of drug-likeness (QED) is 0.767. The van der Waals surface area contributed by atoms with Gasteiger partial charge in [-0.2, -0.15) is 10.4 Å². The van der Waals surface area contributed by atoms with Crippen LogP contribution < -0.4 is 5.32 Å². The average Bonchev–Trinajstić information content (AvgIpc) is 2.99. The molecule has 0 radical (unpaired) electrons. The van der Waals surface area contributed by atoms with Crippen LogP contribution >= 0.6 is 11.6 Å². The van der Waals surface area contributed by atoms with Gasteiger partial charge in [-0.15, -0.1) is 0 Å². The molecule has 0 aliphatic carbocycles. The van der Waals surface area contributed by atoms with E-state index in [0.717, 1.165) is 42.9 Å². The Bertz CT molecular complexity index is 951. The maximum Gasteiger partial charge on any atom is 0.0991 e. The Morgan fingerprint density at radius 3 is 2.64 bits per heavy atom. The van der Waals surface area contributed by atoms with Crippen molar-refractivity contribution in [3.05, 3.63) is 70.4 Å². The van der Waals surface area contributed by atoms with Crippen molar-refractivity contribution in [1.29, 1.82) is 5.26 Å². The number of nitrogens with one attached hydrogen (secondary N) is 1. The summed E-state index contributed by atoms with van der Waals surface area (Å²) in [6.07, 6.45) is 3.71. The van der Waals surface area contributed by atoms with Gasteiger partial charge in [-0.1, -0.05) is 29.8 Å². The highest BCUT2D eigenvalue weighted by Gasteiger charge is 2.19. The maximum atomic E-state index is 9.00. The lowest BCUT2D eigenvalue weighted by Gasteiger charge is -2.16. The average molecular weight is 349 g/mol. The molecule has 3 aromatic rings. The van der Waals surface area contributed by atoms with E-state index in [1.807, 2.05) is 41.1 Å². The number of hydrogen-bond donors (Lipinski definition) is 1. The van der Waals surface area contributed by atoms with E-state index < -0.39 is 0 Å². The highest BCUT2D eigenvalue weighted by Crippen LogP contribution is 2.32. The number of halogens is 1. The van der Waals surface area contributed by atoms with Crippen LogP contribution in [0, 0.1) is 11.3 Å². The largest absolute Gasteiger partial charge is 0.316 e. The topological polar surface area (TPSA) is 53.6 Å². The summed E-state index contributed by atoms with van der Waals surface area (Å²) in [5.41, 5.74) is 6.18. The van der Waals surface area contributed by atoms with E-state index in [-0.39, 0.29) is 0 Å². The van der Waals surface area contributed by atoms with Gasteiger partial charge in [0.2, 0.25) is 0 Å². The molecule has 4 rings (SSSR count). The molecule has 0 fully saturated rings. The fourth-order valence-electron chi connectivity index (χ4n) is 3.37. The van der Waals surface area contributed by atoms with Gasteiger partial charge in [-0.05, 0) is 61.3 Å². The summed E-state index contributed by atoms with van der Waals surface area (Å²) in [6, 6.07) is 15.8. The summed E-state index contributed by atoms with van der Waals surface area (Å²) >= 11 is 6.59. The third kappa shape index (κ3) is 2.93. The molecule has 4 nitrogen and oxygen atoms in total. The Hall–Kier alpha value is -2.61. The van der Waals surface area contributed by atoms with Gasteiger partial charge in [-0.25, -0.2) is 4.68 Å². The summed E-state index contributed by atoms with van der Waals surface area (Å²) < 4.78 is 1.92. The Labute approximate surface area is 151 Å². The summed E-state index contributed by atoms with van der Waals surface area (Å²) in [4.78, 5) is 0. The first-order chi connectivity index (χ1) is 12.3. The van der Waals surface area contributed by atoms with Crippen molar-refractivity contribution in [2.45, 2.75) is 12.8 Å². The first-order valence-corrected chi connectivity index (χ1v) is 8.71. The molecule has 0 atom stereocenters. The number of hydrogen-bond acceptors (Lipinski definition) is 3. The van der Waals surface area contributed by atoms with E-state index >= 15 is 0 Å². The van der Waals surface area contributed by atoms with E-state index in [1.165, 1.54) is 11.1 Å². The summed E-state index contributed by atoms with van der Waals surface area (Å²) in [5, 5.41) is 17.7. The molecule has 2 aromatic carbocycles. The van der Waals surface area contributed by atoms with E-state index in [9.17, 15) is 0 Å². The SMILES string of the molecule is N#Cc1ccc(-c2ccnn2-c2c(Cl)ccc3c2CCNCC3)cc1. The molecule has 0 spiro atoms. The summed E-state index contributed by atoms with van der Waals surface area (Å²) in [6.45, 7) is 1.92. The molecular weight excluding hydrogens is 332 g/mol. The molecule has 2 heterocycles. The van der Waals surface area contributed by atoms with Gasteiger partial charge in [0.25, 0.3) is 0 Å². The fraction of sp³-hybridized carbons (Fsp3) is 0.200. The van der Waals surface area contributed by atoms with Gasteiger partial charge in [0.1, 0.15) is 0 Å². The normalized spacial score (nSPS) is 13.8. The van der Waals surface area contributed by atoms with Crippen LogP contribution in [-0.4, -0.2) is 22.9 Å². The molecule has 1 aromatic heterocycles. The lowest BCUT2D eigenvalue weighted by Crippen LogP contribution is -2.16. The van der Waals surface area contributed by atoms with Crippen LogP contribution in [-0.2, 0) is 12.8 Å². The highest BCUT2D eigenvalue weighted by molar-refractivity contribution is 6.32. The number of rotatable bonds is 2. The minimum absolute atomic E-state index is 0.646. The smallest absolute Gasteiger partial charge is 0.0991 e. The third-order valence-corrected chi connectivity index (χ3v) is 4.92. The zero-order chi connectivity index (χ0) is 17.2. The Kier molecular flexibility index (Phi) is 4.27. The van der Waals surface area contributed by atoms with Crippen LogP contribution in [0.5, 0.6) is 0 Å². The first kappa shape index (κ1) is 15.9. The number of fused-ring (bicyclic) bond motifs is 1. The van der Waals surface area contributed by atoms with Gasteiger partial charge < -0.3 is 5.32 Å². The molecular formula is C20H17ClN4. The van der Waals surface area contributed by atoms with Crippen molar-refractivity contribution in [1.82, 2.24) is 15.1 Å². The van der Waals surface area contributed by atoms with Crippen molar-refractivity contribution in [3.63, 3.8) is 0 Å². The molecule has 25 heavy (non-hydrogen) atoms. The van der Waals surface area contributed by atoms with E-state index in [1.54, 1.807) is 6.20 Å². The van der Waals surface area contributed by atoms with Crippen LogP contribution in [0.3, 0.4) is 0 Å². The standard InChI is InChI=1S/C20H17ClN4/c21-18-6-5-15-7-10-23-11-8-17(15)20(18)25-19(9-12-24-25)16-3-1-14(13-22)2-4-16/h1-6,9,12,23H,7-8,10-11H2. The first-order valence-electron chi connectivity index (χ1n) is 8.34. The lowest BCUT2D eigenvalue weighted by atomic mass is 10.0. The number of nitriles is 1. The molecule has 0 saturated carbocycles. The summed E-state index contributed by atoms with van der Waals surface area (Å²) in [7, 11) is 0. The van der Waals surface area contributed by atoms with Crippen molar-refractivity contribution in [3.8, 4) is 23.0 Å². The monoisotopic (exact) mass is 348 g/mol. The Morgan fingerprint density at radius 1 is 1.04 bits per heavy atom. The van der Waals surface area contributed by atoms with Gasteiger partial charge in [0.05, 0.1) is 34.2 Å². The second-order valence-electron chi connectivity index (χ2n) is 6.10. The number of aromatic nitrogens is 2. The minimum atomic E-state index is 0.646. The third-order valence-electron chi connectivity index (χ3n) is 4.62. The lowest BCUT2D eigenvalue weighted by molar-refractivity contribution is 0.709. The van der Waals surface area contributed by atoms with Crippen LogP contribution in [0.15, 0.2) is 48.7 Å². The van der Waals surface area contributed by atoms with Gasteiger partial charge in [0.15, 0.2) is 0 Å². The van der Waals surface area contributed by atoms with Crippen molar-refractivity contribution < 1.29 is 0 Å². The maximum absolute atomic E-state index is 9.00. The van der Waals surface area contributed by atoms with Crippen molar-refractivity contribution in [2.24, 2.45) is 0 Å². The molecule has 1 aliphatic rings. The Balaban J connectivity index is 1.87. The predicted molar refractivity (Wildman–Crippen MR) is 99.0 cm³/mol. The van der Waals surface area contributed by atoms with Crippen LogP contribution in [0.25, 0.3) is 16.9 Å². The molecule has 1 N–H and O–H groups in total. The zero-order valence-corrected chi connectivity index (χ0v) is 14.4. The van der Waals surface area contributed by atoms with E-state index in [4.69, 9.17) is 16.9 Å². The van der Waals surface area contributed by atoms with Crippen molar-refractivity contribution in [2.75, 3.05) is 13.1 Å². The Morgan fingerprint density at radius 2 is 1.84 bits per heavy atom. The molecule has 0 unspecified atom stereocenters. The molecule has 0 saturated heterocycles. The number of nitrogens with zero attached hydrogens (tertiary/aromatic N) is 3. The van der Waals surface area contributed by atoms with Crippen LogP contribution in [0.2, 0.25) is 5.02 Å². The second kappa shape index (κ2) is 6.72. The molecule has 0 amide bonds. The van der Waals surface area contributed by atoms with E-state index in [0.29, 0.717) is 10.6 Å². The van der Waals surface area contributed by atoms with Crippen LogP contribution in [0.4, 0.5) is 0 Å². The van der Waals surface area contributed by atoms with E-state index in [2.05, 4.69) is 22.6 Å². The fourth-order valence-corrected chi connectivity index (χ4v) is 3.63. The number of benzene rings is 2. The zero-order valence-electron chi connectivity index (χ0n) is 13.7. The predicted octanol–water partition coefficient (Wildman–Crippen LogP) is 3.75. The van der Waals surface area contributed by atoms with Crippen molar-refractivity contribution >= 4 is 11.6 Å². The van der Waals surface area contributed by atoms with Gasteiger partial charge in [-0.3, -0.25) is 0 Å².